The maximum atomic E-state index is 13.0. The minimum atomic E-state index is -4.79. The van der Waals surface area contributed by atoms with Crippen molar-refractivity contribution in [1.82, 2.24) is 15.0 Å². The van der Waals surface area contributed by atoms with E-state index in [0.29, 0.717) is 10.4 Å². The van der Waals surface area contributed by atoms with E-state index in [4.69, 9.17) is 0 Å². The fourth-order valence-corrected chi connectivity index (χ4v) is 1.74. The van der Waals surface area contributed by atoms with Crippen LogP contribution in [0.3, 0.4) is 0 Å². The van der Waals surface area contributed by atoms with Crippen LogP contribution < -0.4 is 5.32 Å². The van der Waals surface area contributed by atoms with Gasteiger partial charge >= 0.3 is 6.18 Å². The number of nitrogens with zero attached hydrogens (tertiary/aromatic N) is 3. The van der Waals surface area contributed by atoms with Crippen LogP contribution in [-0.4, -0.2) is 27.2 Å². The molecular formula is C12H9F3N4O2. The average molecular weight is 298 g/mol. The number of alkyl halides is 3. The van der Waals surface area contributed by atoms with Crippen LogP contribution in [0.2, 0.25) is 0 Å². The maximum absolute atomic E-state index is 13.0. The third-order valence-electron chi connectivity index (χ3n) is 2.49. The topological polar surface area (TPSA) is 76.9 Å². The highest BCUT2D eigenvalue weighted by atomic mass is 19.4. The summed E-state index contributed by atoms with van der Waals surface area (Å²) in [5.41, 5.74) is -1.74. The quantitative estimate of drug-likeness (QED) is 0.880. The van der Waals surface area contributed by atoms with Crippen LogP contribution in [0.4, 0.5) is 18.9 Å². The molecule has 1 heterocycles. The molecule has 1 N–H and O–H groups in total. The SMILES string of the molecule is CC(=O)Nc1cccc(-n2nnc(C=O)c2C(F)(F)F)c1. The monoisotopic (exact) mass is 298 g/mol. The molecule has 0 bridgehead atoms. The highest BCUT2D eigenvalue weighted by molar-refractivity contribution is 5.88. The lowest BCUT2D eigenvalue weighted by Crippen LogP contribution is -2.15. The Balaban J connectivity index is 2.55. The summed E-state index contributed by atoms with van der Waals surface area (Å²) < 4.78 is 39.5. The molecule has 2 rings (SSSR count). The number of aldehydes is 1. The van der Waals surface area contributed by atoms with E-state index in [2.05, 4.69) is 15.6 Å². The molecule has 1 amide bonds. The summed E-state index contributed by atoms with van der Waals surface area (Å²) in [6, 6.07) is 5.60. The lowest BCUT2D eigenvalue weighted by molar-refractivity contribution is -0.143. The summed E-state index contributed by atoms with van der Waals surface area (Å²) >= 11 is 0. The molecule has 1 aromatic heterocycles. The number of hydrogen-bond donors (Lipinski definition) is 1. The maximum Gasteiger partial charge on any atom is 0.435 e. The molecule has 21 heavy (non-hydrogen) atoms. The zero-order chi connectivity index (χ0) is 15.6. The van der Waals surface area contributed by atoms with Crippen molar-refractivity contribution in [2.75, 3.05) is 5.32 Å². The molecule has 1 aromatic carbocycles. The van der Waals surface area contributed by atoms with Crippen LogP contribution >= 0.6 is 0 Å². The first-order valence-corrected chi connectivity index (χ1v) is 5.69. The fraction of sp³-hybridized carbons (Fsp3) is 0.167. The lowest BCUT2D eigenvalue weighted by Gasteiger charge is -2.11. The summed E-state index contributed by atoms with van der Waals surface area (Å²) in [5, 5.41) is 8.99. The molecule has 2 aromatic rings. The number of anilines is 1. The van der Waals surface area contributed by atoms with Gasteiger partial charge in [0.1, 0.15) is 0 Å². The first-order chi connectivity index (χ1) is 9.82. The standard InChI is InChI=1S/C12H9F3N4O2/c1-7(21)16-8-3-2-4-9(5-8)19-11(12(13,14)15)10(6-20)17-18-19/h2-6H,1H3,(H,16,21). The molecule has 110 valence electrons. The van der Waals surface area contributed by atoms with Gasteiger partial charge in [-0.25, -0.2) is 4.68 Å². The van der Waals surface area contributed by atoms with E-state index in [0.717, 1.165) is 0 Å². The van der Waals surface area contributed by atoms with E-state index in [9.17, 15) is 22.8 Å². The molecule has 0 unspecified atom stereocenters. The summed E-state index contributed by atoms with van der Waals surface area (Å²) in [7, 11) is 0. The second kappa shape index (κ2) is 5.35. The Morgan fingerprint density at radius 2 is 2.10 bits per heavy atom. The number of amides is 1. The molecule has 0 saturated carbocycles. The van der Waals surface area contributed by atoms with Gasteiger partial charge in [-0.3, -0.25) is 9.59 Å². The third-order valence-corrected chi connectivity index (χ3v) is 2.49. The van der Waals surface area contributed by atoms with Gasteiger partial charge in [0.25, 0.3) is 0 Å². The minimum absolute atomic E-state index is 0.00993. The Morgan fingerprint density at radius 1 is 1.38 bits per heavy atom. The first-order valence-electron chi connectivity index (χ1n) is 5.69. The lowest BCUT2D eigenvalue weighted by atomic mass is 10.2. The third kappa shape index (κ3) is 3.07. The van der Waals surface area contributed by atoms with E-state index >= 15 is 0 Å². The molecule has 0 radical (unpaired) electrons. The Morgan fingerprint density at radius 3 is 2.67 bits per heavy atom. The van der Waals surface area contributed by atoms with Crippen LogP contribution in [0.1, 0.15) is 23.1 Å². The number of nitrogens with one attached hydrogen (secondary N) is 1. The van der Waals surface area contributed by atoms with Crippen molar-refractivity contribution in [2.24, 2.45) is 0 Å². The smallest absolute Gasteiger partial charge is 0.326 e. The van der Waals surface area contributed by atoms with Gasteiger partial charge in [0.05, 0.1) is 5.69 Å². The van der Waals surface area contributed by atoms with Crippen molar-refractivity contribution in [1.29, 1.82) is 0 Å². The van der Waals surface area contributed by atoms with Crippen molar-refractivity contribution in [3.63, 3.8) is 0 Å². The van der Waals surface area contributed by atoms with E-state index < -0.39 is 17.6 Å². The van der Waals surface area contributed by atoms with Gasteiger partial charge in [0.15, 0.2) is 17.7 Å². The number of aromatic nitrogens is 3. The molecule has 9 heteroatoms. The Bertz CT molecular complexity index is 694. The summed E-state index contributed by atoms with van der Waals surface area (Å²) in [6.45, 7) is 1.27. The molecular weight excluding hydrogens is 289 g/mol. The Kier molecular flexibility index (Phi) is 3.74. The highest BCUT2D eigenvalue weighted by Gasteiger charge is 2.39. The van der Waals surface area contributed by atoms with Gasteiger partial charge in [0, 0.05) is 12.6 Å². The van der Waals surface area contributed by atoms with E-state index in [1.165, 1.54) is 31.2 Å². The van der Waals surface area contributed by atoms with Crippen molar-refractivity contribution in [3.05, 3.63) is 35.7 Å². The van der Waals surface area contributed by atoms with Crippen molar-refractivity contribution in [3.8, 4) is 5.69 Å². The average Bonchev–Trinajstić information content (AvgIpc) is 2.82. The van der Waals surface area contributed by atoms with Crippen molar-refractivity contribution < 1.29 is 22.8 Å². The van der Waals surface area contributed by atoms with Crippen LogP contribution in [-0.2, 0) is 11.0 Å². The second-order valence-electron chi connectivity index (χ2n) is 4.08. The number of hydrogen-bond acceptors (Lipinski definition) is 4. The summed E-state index contributed by atoms with van der Waals surface area (Å²) in [6.07, 6.45) is -4.80. The van der Waals surface area contributed by atoms with Gasteiger partial charge in [-0.15, -0.1) is 5.10 Å². The van der Waals surface area contributed by atoms with Crippen LogP contribution in [0.5, 0.6) is 0 Å². The number of carbonyl (C=O) groups is 2. The van der Waals surface area contributed by atoms with Gasteiger partial charge in [-0.2, -0.15) is 13.2 Å². The van der Waals surface area contributed by atoms with Crippen LogP contribution in [0, 0.1) is 0 Å². The molecule has 0 fully saturated rings. The van der Waals surface area contributed by atoms with Crippen molar-refractivity contribution >= 4 is 17.9 Å². The normalized spacial score (nSPS) is 11.2. The predicted octanol–water partition coefficient (Wildman–Crippen LogP) is 2.06. The number of rotatable bonds is 3. The van der Waals surface area contributed by atoms with Crippen LogP contribution in [0.25, 0.3) is 5.69 Å². The Hall–Kier alpha value is -2.71. The summed E-state index contributed by atoms with van der Waals surface area (Å²) in [4.78, 5) is 21.6. The number of carbonyl (C=O) groups excluding carboxylic acids is 2. The zero-order valence-corrected chi connectivity index (χ0v) is 10.7. The fourth-order valence-electron chi connectivity index (χ4n) is 1.74. The van der Waals surface area contributed by atoms with Gasteiger partial charge < -0.3 is 5.32 Å². The largest absolute Gasteiger partial charge is 0.435 e. The van der Waals surface area contributed by atoms with Crippen molar-refractivity contribution in [2.45, 2.75) is 13.1 Å². The second-order valence-corrected chi connectivity index (χ2v) is 4.08. The van der Waals surface area contributed by atoms with Gasteiger partial charge in [-0.1, -0.05) is 11.3 Å². The molecule has 0 spiro atoms. The van der Waals surface area contributed by atoms with E-state index in [-0.39, 0.29) is 17.9 Å². The van der Waals surface area contributed by atoms with Crippen LogP contribution in [0.15, 0.2) is 24.3 Å². The molecule has 0 aliphatic carbocycles. The molecule has 0 aliphatic rings. The first kappa shape index (κ1) is 14.7. The van der Waals surface area contributed by atoms with Gasteiger partial charge in [0.2, 0.25) is 5.91 Å². The van der Waals surface area contributed by atoms with E-state index in [1.54, 1.807) is 0 Å². The molecule has 0 atom stereocenters. The number of halogens is 3. The number of benzene rings is 1. The minimum Gasteiger partial charge on any atom is -0.326 e. The zero-order valence-electron chi connectivity index (χ0n) is 10.7. The highest BCUT2D eigenvalue weighted by Crippen LogP contribution is 2.32. The summed E-state index contributed by atoms with van der Waals surface area (Å²) in [5.74, 6) is -0.365. The molecule has 6 nitrogen and oxygen atoms in total. The Labute approximate surface area is 116 Å². The molecule has 0 aliphatic heterocycles. The van der Waals surface area contributed by atoms with E-state index in [1.807, 2.05) is 0 Å². The molecule has 0 saturated heterocycles. The van der Waals surface area contributed by atoms with Gasteiger partial charge in [-0.05, 0) is 18.2 Å². The predicted molar refractivity (Wildman–Crippen MR) is 66.1 cm³/mol.